The van der Waals surface area contributed by atoms with E-state index in [9.17, 15) is 4.79 Å². The molecule has 17 heavy (non-hydrogen) atoms. The minimum Gasteiger partial charge on any atom is -0.354 e. The summed E-state index contributed by atoms with van der Waals surface area (Å²) in [6.07, 6.45) is 4.07. The van der Waals surface area contributed by atoms with Gasteiger partial charge < -0.3 is 10.6 Å². The second-order valence-corrected chi connectivity index (χ2v) is 8.05. The molecule has 0 aliphatic carbocycles. The quantitative estimate of drug-likeness (QED) is 0.666. The highest BCUT2D eigenvalue weighted by molar-refractivity contribution is 8.00. The van der Waals surface area contributed by atoms with Gasteiger partial charge in [0, 0.05) is 24.4 Å². The summed E-state index contributed by atoms with van der Waals surface area (Å²) in [5.41, 5.74) is 0. The van der Waals surface area contributed by atoms with Crippen molar-refractivity contribution in [1.82, 2.24) is 10.6 Å². The molecule has 0 spiro atoms. The van der Waals surface area contributed by atoms with Crippen LogP contribution in [-0.2, 0) is 4.79 Å². The molecule has 0 fully saturated rings. The molecule has 0 aliphatic heterocycles. The lowest BCUT2D eigenvalue weighted by Gasteiger charge is -2.23. The van der Waals surface area contributed by atoms with Crippen molar-refractivity contribution in [2.45, 2.75) is 37.2 Å². The molecular weight excluding hydrogens is 252 g/mol. The molecule has 0 bridgehead atoms. The summed E-state index contributed by atoms with van der Waals surface area (Å²) in [5, 5.41) is 6.31. The van der Waals surface area contributed by atoms with E-state index in [1.165, 1.54) is 0 Å². The summed E-state index contributed by atoms with van der Waals surface area (Å²) in [5.74, 6) is 0.107. The van der Waals surface area contributed by atoms with Gasteiger partial charge in [0.05, 0.1) is 4.75 Å². The Labute approximate surface area is 114 Å². The third-order valence-electron chi connectivity index (χ3n) is 2.75. The van der Waals surface area contributed by atoms with E-state index in [1.54, 1.807) is 11.8 Å². The highest BCUT2D eigenvalue weighted by Gasteiger charge is 2.25. The van der Waals surface area contributed by atoms with Gasteiger partial charge in [-0.2, -0.15) is 11.8 Å². The molecule has 0 radical (unpaired) electrons. The van der Waals surface area contributed by atoms with Gasteiger partial charge in [-0.3, -0.25) is 4.79 Å². The Hall–Kier alpha value is 0.130. The topological polar surface area (TPSA) is 41.1 Å². The summed E-state index contributed by atoms with van der Waals surface area (Å²) in [6.45, 7) is 10.8. The van der Waals surface area contributed by atoms with E-state index in [-0.39, 0.29) is 15.4 Å². The summed E-state index contributed by atoms with van der Waals surface area (Å²) in [4.78, 5) is 11.7. The van der Waals surface area contributed by atoms with Crippen molar-refractivity contribution in [3.8, 4) is 0 Å². The predicted octanol–water partition coefficient (Wildman–Crippen LogP) is 1.98. The second kappa shape index (κ2) is 7.54. The first-order valence-corrected chi connectivity index (χ1v) is 8.29. The van der Waals surface area contributed by atoms with Gasteiger partial charge in [0.2, 0.25) is 5.91 Å². The predicted molar refractivity (Wildman–Crippen MR) is 81.1 cm³/mol. The fourth-order valence-electron chi connectivity index (χ4n) is 1.03. The van der Waals surface area contributed by atoms with E-state index in [0.29, 0.717) is 6.54 Å². The Morgan fingerprint density at radius 2 is 1.65 bits per heavy atom. The second-order valence-electron chi connectivity index (χ2n) is 5.11. The average molecular weight is 278 g/mol. The number of hydrogen-bond acceptors (Lipinski definition) is 4. The maximum atomic E-state index is 11.7. The zero-order valence-electron chi connectivity index (χ0n) is 11.8. The Bertz CT molecular complexity index is 243. The monoisotopic (exact) mass is 278 g/mol. The summed E-state index contributed by atoms with van der Waals surface area (Å²) >= 11 is 3.42. The molecular formula is C12H26N2OS2. The largest absolute Gasteiger partial charge is 0.354 e. The Balaban J connectivity index is 3.70. The number of rotatable bonds is 8. The van der Waals surface area contributed by atoms with Gasteiger partial charge in [0.25, 0.3) is 0 Å². The highest BCUT2D eigenvalue weighted by Crippen LogP contribution is 2.21. The number of hydrogen-bond donors (Lipinski definition) is 2. The summed E-state index contributed by atoms with van der Waals surface area (Å²) in [7, 11) is 0. The molecule has 0 aromatic rings. The first-order chi connectivity index (χ1) is 7.75. The van der Waals surface area contributed by atoms with Crippen LogP contribution >= 0.6 is 23.5 Å². The Morgan fingerprint density at radius 1 is 1.06 bits per heavy atom. The van der Waals surface area contributed by atoms with Gasteiger partial charge in [0.15, 0.2) is 0 Å². The summed E-state index contributed by atoms with van der Waals surface area (Å²) in [6, 6.07) is 0. The van der Waals surface area contributed by atoms with Crippen LogP contribution in [0.4, 0.5) is 0 Å². The van der Waals surface area contributed by atoms with E-state index < -0.39 is 0 Å². The minimum absolute atomic E-state index is 0.107. The van der Waals surface area contributed by atoms with E-state index in [0.717, 1.165) is 13.1 Å². The van der Waals surface area contributed by atoms with Gasteiger partial charge in [-0.1, -0.05) is 0 Å². The number of amides is 1. The van der Waals surface area contributed by atoms with Crippen molar-refractivity contribution < 1.29 is 4.79 Å². The van der Waals surface area contributed by atoms with Crippen molar-refractivity contribution in [2.24, 2.45) is 0 Å². The molecule has 0 atom stereocenters. The van der Waals surface area contributed by atoms with E-state index in [1.807, 2.05) is 31.9 Å². The van der Waals surface area contributed by atoms with Crippen LogP contribution in [0.5, 0.6) is 0 Å². The lowest BCUT2D eigenvalue weighted by molar-refractivity contribution is -0.122. The number of carbonyl (C=O) groups is 1. The molecule has 0 saturated heterocycles. The maximum Gasteiger partial charge on any atom is 0.235 e. The van der Waals surface area contributed by atoms with Gasteiger partial charge in [-0.15, -0.1) is 11.8 Å². The Morgan fingerprint density at radius 3 is 2.12 bits per heavy atom. The molecule has 3 nitrogen and oxygen atoms in total. The van der Waals surface area contributed by atoms with Crippen molar-refractivity contribution in [1.29, 1.82) is 0 Å². The van der Waals surface area contributed by atoms with E-state index in [2.05, 4.69) is 30.7 Å². The fourth-order valence-corrected chi connectivity index (χ4v) is 1.54. The average Bonchev–Trinajstić information content (AvgIpc) is 2.28. The first kappa shape index (κ1) is 17.1. The zero-order valence-corrected chi connectivity index (χ0v) is 13.5. The smallest absolute Gasteiger partial charge is 0.235 e. The van der Waals surface area contributed by atoms with E-state index >= 15 is 0 Å². The normalized spacial score (nSPS) is 12.6. The minimum atomic E-state index is -0.335. The highest BCUT2D eigenvalue weighted by atomic mass is 32.2. The first-order valence-electron chi connectivity index (χ1n) is 5.84. The molecule has 0 heterocycles. The molecule has 0 rings (SSSR count). The standard InChI is InChI=1S/C12H26N2OS2/c1-11(2,16-5)9-13-7-8-14-10(15)12(3,4)17-6/h13H,7-9H2,1-6H3,(H,14,15). The van der Waals surface area contributed by atoms with Crippen molar-refractivity contribution in [3.05, 3.63) is 0 Å². The maximum absolute atomic E-state index is 11.7. The van der Waals surface area contributed by atoms with Crippen LogP contribution in [-0.4, -0.2) is 47.5 Å². The van der Waals surface area contributed by atoms with Crippen LogP contribution in [0, 0.1) is 0 Å². The number of thioether (sulfide) groups is 2. The molecule has 0 aromatic carbocycles. The fraction of sp³-hybridized carbons (Fsp3) is 0.917. The van der Waals surface area contributed by atoms with Crippen LogP contribution in [0.25, 0.3) is 0 Å². The van der Waals surface area contributed by atoms with E-state index in [4.69, 9.17) is 0 Å². The lowest BCUT2D eigenvalue weighted by atomic mass is 10.2. The molecule has 0 unspecified atom stereocenters. The van der Waals surface area contributed by atoms with Crippen LogP contribution in [0.3, 0.4) is 0 Å². The van der Waals surface area contributed by atoms with Crippen LogP contribution in [0.2, 0.25) is 0 Å². The lowest BCUT2D eigenvalue weighted by Crippen LogP contribution is -2.43. The zero-order chi connectivity index (χ0) is 13.5. The third-order valence-corrected chi connectivity index (χ3v) is 5.20. The van der Waals surface area contributed by atoms with Gasteiger partial charge in [-0.05, 0) is 40.2 Å². The van der Waals surface area contributed by atoms with Gasteiger partial charge in [-0.25, -0.2) is 0 Å². The molecule has 5 heteroatoms. The Kier molecular flexibility index (Phi) is 7.60. The van der Waals surface area contributed by atoms with Crippen molar-refractivity contribution in [3.63, 3.8) is 0 Å². The molecule has 0 saturated carbocycles. The molecule has 2 N–H and O–H groups in total. The molecule has 1 amide bonds. The van der Waals surface area contributed by atoms with Crippen LogP contribution < -0.4 is 10.6 Å². The van der Waals surface area contributed by atoms with Gasteiger partial charge >= 0.3 is 0 Å². The molecule has 0 aliphatic rings. The van der Waals surface area contributed by atoms with Crippen molar-refractivity contribution >= 4 is 29.4 Å². The van der Waals surface area contributed by atoms with Crippen LogP contribution in [0.1, 0.15) is 27.7 Å². The number of carbonyl (C=O) groups excluding carboxylic acids is 1. The number of nitrogens with one attached hydrogen (secondary N) is 2. The summed E-state index contributed by atoms with van der Waals surface area (Å²) < 4.78 is -0.0823. The molecule has 0 aromatic heterocycles. The van der Waals surface area contributed by atoms with Crippen molar-refractivity contribution in [2.75, 3.05) is 32.1 Å². The SMILES string of the molecule is CSC(C)(C)CNCCNC(=O)C(C)(C)SC. The van der Waals surface area contributed by atoms with Crippen LogP contribution in [0.15, 0.2) is 0 Å². The third kappa shape index (κ3) is 7.21. The molecule has 102 valence electrons. The van der Waals surface area contributed by atoms with Gasteiger partial charge in [0.1, 0.15) is 0 Å².